The fraction of sp³-hybridized carbons (Fsp3) is 0.0625. The van der Waals surface area contributed by atoms with Crippen molar-refractivity contribution >= 4 is 28.4 Å². The van der Waals surface area contributed by atoms with Gasteiger partial charge in [0.1, 0.15) is 6.07 Å². The molecule has 4 heteroatoms. The van der Waals surface area contributed by atoms with Gasteiger partial charge in [0.15, 0.2) is 0 Å². The molecule has 2 heterocycles. The molecule has 0 unspecified atom stereocenters. The lowest BCUT2D eigenvalue weighted by Crippen LogP contribution is -1.99. The van der Waals surface area contributed by atoms with Gasteiger partial charge in [-0.05, 0) is 35.0 Å². The zero-order valence-corrected chi connectivity index (χ0v) is 12.3. The van der Waals surface area contributed by atoms with Crippen LogP contribution in [0, 0.1) is 11.3 Å². The number of rotatable bonds is 4. The van der Waals surface area contributed by atoms with Crippen LogP contribution in [0.1, 0.15) is 10.4 Å². The average Bonchev–Trinajstić information content (AvgIpc) is 3.16. The van der Waals surface area contributed by atoms with Crippen molar-refractivity contribution in [3.05, 3.63) is 63.7 Å². The molecule has 0 aliphatic heterocycles. The van der Waals surface area contributed by atoms with Gasteiger partial charge in [-0.2, -0.15) is 5.26 Å². The third-order valence-corrected chi connectivity index (χ3v) is 4.82. The van der Waals surface area contributed by atoms with Crippen molar-refractivity contribution in [3.8, 4) is 16.5 Å². The van der Waals surface area contributed by atoms with Gasteiger partial charge in [-0.1, -0.05) is 18.2 Å². The number of hydrogen-bond donors (Lipinski definition) is 1. The van der Waals surface area contributed by atoms with Crippen LogP contribution in [0.15, 0.2) is 53.2 Å². The molecule has 2 nitrogen and oxygen atoms in total. The summed E-state index contributed by atoms with van der Waals surface area (Å²) in [5, 5.41) is 16.7. The fourth-order valence-electron chi connectivity index (χ4n) is 1.96. The Bertz CT molecular complexity index is 736. The highest BCUT2D eigenvalue weighted by molar-refractivity contribution is 7.14. The topological polar surface area (TPSA) is 35.8 Å². The molecule has 0 spiro atoms. The number of benzene rings is 1. The maximum absolute atomic E-state index is 9.06. The third kappa shape index (κ3) is 2.74. The number of nitriles is 1. The van der Waals surface area contributed by atoms with Gasteiger partial charge in [-0.25, -0.2) is 0 Å². The van der Waals surface area contributed by atoms with E-state index in [1.807, 2.05) is 24.3 Å². The van der Waals surface area contributed by atoms with E-state index >= 15 is 0 Å². The van der Waals surface area contributed by atoms with E-state index in [1.165, 1.54) is 15.3 Å². The lowest BCUT2D eigenvalue weighted by atomic mass is 10.2. The number of nitrogens with zero attached hydrogens (tertiary/aromatic N) is 1. The van der Waals surface area contributed by atoms with Crippen LogP contribution in [0.4, 0.5) is 5.69 Å². The molecule has 0 radical (unpaired) electrons. The molecule has 0 aliphatic rings. The second-order valence-corrected chi connectivity index (χ2v) is 6.23. The first-order chi connectivity index (χ1) is 9.86. The lowest BCUT2D eigenvalue weighted by Gasteiger charge is -2.06. The van der Waals surface area contributed by atoms with Crippen molar-refractivity contribution in [1.29, 1.82) is 5.26 Å². The van der Waals surface area contributed by atoms with Gasteiger partial charge >= 0.3 is 0 Å². The largest absolute Gasteiger partial charge is 0.379 e. The quantitative estimate of drug-likeness (QED) is 0.738. The molecule has 0 aliphatic carbocycles. The predicted octanol–water partition coefficient (Wildman–Crippen LogP) is 4.96. The Morgan fingerprint density at radius 2 is 2.00 bits per heavy atom. The second kappa shape index (κ2) is 5.91. The first-order valence-corrected chi connectivity index (χ1v) is 7.97. The highest BCUT2D eigenvalue weighted by Gasteiger charge is 2.04. The van der Waals surface area contributed by atoms with Crippen LogP contribution in [-0.2, 0) is 6.54 Å². The molecular weight excluding hydrogens is 284 g/mol. The molecule has 1 N–H and O–H groups in total. The molecule has 2 aromatic heterocycles. The van der Waals surface area contributed by atoms with E-state index < -0.39 is 0 Å². The van der Waals surface area contributed by atoms with Gasteiger partial charge in [0, 0.05) is 21.9 Å². The molecule has 0 atom stereocenters. The molecule has 3 rings (SSSR count). The van der Waals surface area contributed by atoms with Gasteiger partial charge in [0.2, 0.25) is 0 Å². The van der Waals surface area contributed by atoms with Crippen molar-refractivity contribution in [3.63, 3.8) is 0 Å². The van der Waals surface area contributed by atoms with E-state index in [0.717, 1.165) is 12.2 Å². The molecular formula is C16H12N2S2. The van der Waals surface area contributed by atoms with E-state index in [1.54, 1.807) is 22.7 Å². The minimum Gasteiger partial charge on any atom is -0.379 e. The minimum absolute atomic E-state index is 0.683. The summed E-state index contributed by atoms with van der Waals surface area (Å²) in [6.07, 6.45) is 0. The Kier molecular flexibility index (Phi) is 3.82. The summed E-state index contributed by atoms with van der Waals surface area (Å²) in [6.45, 7) is 0.745. The maximum Gasteiger partial charge on any atom is 0.101 e. The Labute approximate surface area is 125 Å². The maximum atomic E-state index is 9.06. The van der Waals surface area contributed by atoms with Gasteiger partial charge in [0.25, 0.3) is 0 Å². The smallest absolute Gasteiger partial charge is 0.101 e. The summed E-state index contributed by atoms with van der Waals surface area (Å²) in [5.74, 6) is 0. The number of nitrogens with one attached hydrogen (secondary N) is 1. The Morgan fingerprint density at radius 1 is 1.10 bits per heavy atom. The zero-order chi connectivity index (χ0) is 13.8. The van der Waals surface area contributed by atoms with Crippen LogP contribution in [-0.4, -0.2) is 0 Å². The van der Waals surface area contributed by atoms with Crippen LogP contribution in [0.5, 0.6) is 0 Å². The second-order valence-electron chi connectivity index (χ2n) is 4.29. The van der Waals surface area contributed by atoms with Crippen LogP contribution in [0.2, 0.25) is 0 Å². The summed E-state index contributed by atoms with van der Waals surface area (Å²) in [5.41, 5.74) is 2.85. The van der Waals surface area contributed by atoms with Crippen molar-refractivity contribution in [2.24, 2.45) is 0 Å². The van der Waals surface area contributed by atoms with Crippen LogP contribution >= 0.6 is 22.7 Å². The summed E-state index contributed by atoms with van der Waals surface area (Å²) in [4.78, 5) is 2.56. The van der Waals surface area contributed by atoms with Crippen molar-refractivity contribution in [2.45, 2.75) is 6.54 Å². The van der Waals surface area contributed by atoms with E-state index in [0.29, 0.717) is 5.56 Å². The van der Waals surface area contributed by atoms with Crippen molar-refractivity contribution in [1.82, 2.24) is 0 Å². The number of para-hydroxylation sites is 1. The summed E-state index contributed by atoms with van der Waals surface area (Å²) >= 11 is 3.49. The Morgan fingerprint density at radius 3 is 2.80 bits per heavy atom. The van der Waals surface area contributed by atoms with Crippen molar-refractivity contribution in [2.75, 3.05) is 5.32 Å². The molecule has 1 aromatic carbocycles. The fourth-order valence-corrected chi connectivity index (χ4v) is 3.58. The van der Waals surface area contributed by atoms with Crippen LogP contribution in [0.3, 0.4) is 0 Å². The summed E-state index contributed by atoms with van der Waals surface area (Å²) in [6, 6.07) is 16.2. The molecule has 0 saturated heterocycles. The van der Waals surface area contributed by atoms with E-state index in [2.05, 4.69) is 40.3 Å². The normalized spacial score (nSPS) is 10.2. The summed E-state index contributed by atoms with van der Waals surface area (Å²) < 4.78 is 0. The number of anilines is 1. The Hall–Kier alpha value is -2.09. The summed E-state index contributed by atoms with van der Waals surface area (Å²) in [7, 11) is 0. The van der Waals surface area contributed by atoms with E-state index in [-0.39, 0.29) is 0 Å². The molecule has 3 aromatic rings. The van der Waals surface area contributed by atoms with Crippen LogP contribution < -0.4 is 5.32 Å². The van der Waals surface area contributed by atoms with Gasteiger partial charge < -0.3 is 5.32 Å². The minimum atomic E-state index is 0.683. The van der Waals surface area contributed by atoms with E-state index in [9.17, 15) is 0 Å². The van der Waals surface area contributed by atoms with Gasteiger partial charge in [-0.15, -0.1) is 22.7 Å². The molecule has 98 valence electrons. The lowest BCUT2D eigenvalue weighted by molar-refractivity contribution is 1.19. The molecule has 0 amide bonds. The van der Waals surface area contributed by atoms with E-state index in [4.69, 9.17) is 5.26 Å². The molecule has 0 bridgehead atoms. The van der Waals surface area contributed by atoms with Gasteiger partial charge in [-0.3, -0.25) is 0 Å². The molecule has 20 heavy (non-hydrogen) atoms. The highest BCUT2D eigenvalue weighted by Crippen LogP contribution is 2.29. The monoisotopic (exact) mass is 296 g/mol. The Balaban J connectivity index is 1.72. The average molecular weight is 296 g/mol. The zero-order valence-electron chi connectivity index (χ0n) is 10.7. The molecule has 0 fully saturated rings. The standard InChI is InChI=1S/C16H12N2S2/c17-9-12-4-1-2-5-15(12)18-10-14-8-13(11-20-14)16-6-3-7-19-16/h1-8,11,18H,10H2. The number of hydrogen-bond acceptors (Lipinski definition) is 4. The molecule has 0 saturated carbocycles. The van der Waals surface area contributed by atoms with Crippen LogP contribution in [0.25, 0.3) is 10.4 Å². The first kappa shape index (κ1) is 12.9. The highest BCUT2D eigenvalue weighted by atomic mass is 32.1. The SMILES string of the molecule is N#Cc1ccccc1NCc1cc(-c2cccs2)cs1. The van der Waals surface area contributed by atoms with Crippen molar-refractivity contribution < 1.29 is 0 Å². The number of thiophene rings is 2. The van der Waals surface area contributed by atoms with Gasteiger partial charge in [0.05, 0.1) is 11.3 Å². The third-order valence-electron chi connectivity index (χ3n) is 2.96. The predicted molar refractivity (Wildman–Crippen MR) is 86.1 cm³/mol. The first-order valence-electron chi connectivity index (χ1n) is 6.21.